The van der Waals surface area contributed by atoms with Crippen LogP contribution in [0.5, 0.6) is 5.75 Å². The van der Waals surface area contributed by atoms with Gasteiger partial charge in [-0.05, 0) is 49.7 Å². The van der Waals surface area contributed by atoms with Crippen molar-refractivity contribution >= 4 is 20.9 Å². The smallest absolute Gasteiger partial charge is 0.175 e. The summed E-state index contributed by atoms with van der Waals surface area (Å²) in [5.41, 5.74) is 2.49. The van der Waals surface area contributed by atoms with Crippen LogP contribution >= 0.6 is 0 Å². The van der Waals surface area contributed by atoms with Crippen LogP contribution in [0.4, 0.5) is 0 Å². The molecule has 0 saturated carbocycles. The number of H-pyrrole nitrogens is 1. The van der Waals surface area contributed by atoms with Gasteiger partial charge in [0, 0.05) is 6.26 Å². The molecule has 0 atom stereocenters. The summed E-state index contributed by atoms with van der Waals surface area (Å²) in [6.45, 7) is 3.71. The van der Waals surface area contributed by atoms with Crippen LogP contribution in [-0.2, 0) is 15.3 Å². The Morgan fingerprint density at radius 3 is 2.54 bits per heavy atom. The van der Waals surface area contributed by atoms with Crippen molar-refractivity contribution < 1.29 is 13.2 Å². The van der Waals surface area contributed by atoms with Crippen molar-refractivity contribution in [2.75, 3.05) is 13.4 Å². The van der Waals surface area contributed by atoms with E-state index in [4.69, 9.17) is 4.74 Å². The number of methoxy groups -OCH3 is 1. The van der Waals surface area contributed by atoms with Crippen LogP contribution in [0.25, 0.3) is 22.4 Å². The van der Waals surface area contributed by atoms with E-state index in [-0.39, 0.29) is 4.90 Å². The summed E-state index contributed by atoms with van der Waals surface area (Å²) in [7, 11) is -1.84. The zero-order chi connectivity index (χ0) is 19.1. The topological polar surface area (TPSA) is 95.8 Å². The first-order valence-electron chi connectivity index (χ1n) is 7.95. The molecule has 2 aromatic carbocycles. The highest BCUT2D eigenvalue weighted by atomic mass is 32.2. The van der Waals surface area contributed by atoms with Gasteiger partial charge in [-0.3, -0.25) is 0 Å². The summed E-state index contributed by atoms with van der Waals surface area (Å²) in [6.07, 6.45) is 1.15. The average molecular weight is 369 g/mol. The van der Waals surface area contributed by atoms with Crippen LogP contribution in [0.1, 0.15) is 19.4 Å². The number of aromatic nitrogens is 2. The number of fused-ring (bicyclic) bond motifs is 1. The number of nitrogens with zero attached hydrogens (tertiary/aromatic N) is 2. The lowest BCUT2D eigenvalue weighted by atomic mass is 9.86. The van der Waals surface area contributed by atoms with E-state index >= 15 is 0 Å². The Morgan fingerprint density at radius 2 is 1.92 bits per heavy atom. The molecule has 0 fully saturated rings. The van der Waals surface area contributed by atoms with Crippen LogP contribution in [0.15, 0.2) is 41.3 Å². The molecule has 0 spiro atoms. The fourth-order valence-corrected chi connectivity index (χ4v) is 3.32. The SMILES string of the molecule is COc1cc(S(C)(=O)=O)ccc1-c1nc2cc(C(C)(C)C#N)ccc2[nH]1. The lowest BCUT2D eigenvalue weighted by molar-refractivity contribution is 0.415. The van der Waals surface area contributed by atoms with Crippen LogP contribution in [-0.4, -0.2) is 31.8 Å². The third-order valence-corrected chi connectivity index (χ3v) is 5.45. The zero-order valence-electron chi connectivity index (χ0n) is 15.0. The van der Waals surface area contributed by atoms with E-state index < -0.39 is 15.3 Å². The lowest BCUT2D eigenvalue weighted by Crippen LogP contribution is -2.13. The molecule has 134 valence electrons. The molecule has 0 saturated heterocycles. The van der Waals surface area contributed by atoms with Gasteiger partial charge in [0.25, 0.3) is 0 Å². The Labute approximate surface area is 152 Å². The molecule has 3 rings (SSSR count). The number of nitrogens with one attached hydrogen (secondary N) is 1. The molecule has 0 aliphatic rings. The maximum Gasteiger partial charge on any atom is 0.175 e. The molecule has 0 aliphatic carbocycles. The van der Waals surface area contributed by atoms with Crippen LogP contribution < -0.4 is 4.74 Å². The van der Waals surface area contributed by atoms with Crippen molar-refractivity contribution in [2.45, 2.75) is 24.2 Å². The van der Waals surface area contributed by atoms with Crippen LogP contribution in [0, 0.1) is 11.3 Å². The van der Waals surface area contributed by atoms with Gasteiger partial charge in [-0.15, -0.1) is 0 Å². The van der Waals surface area contributed by atoms with E-state index in [1.165, 1.54) is 19.2 Å². The summed E-state index contributed by atoms with van der Waals surface area (Å²) in [6, 6.07) is 12.7. The summed E-state index contributed by atoms with van der Waals surface area (Å²) >= 11 is 0. The first-order valence-corrected chi connectivity index (χ1v) is 9.85. The standard InChI is InChI=1S/C19H19N3O3S/c1-19(2,11-20)12-5-8-15-16(9-12)22-18(21-15)14-7-6-13(26(4,23)24)10-17(14)25-3/h5-10H,1-4H3,(H,21,22). The second-order valence-electron chi connectivity index (χ2n) is 6.69. The molecule has 0 bridgehead atoms. The number of ether oxygens (including phenoxy) is 1. The highest BCUT2D eigenvalue weighted by molar-refractivity contribution is 7.90. The number of imidazole rings is 1. The number of nitriles is 1. The maximum absolute atomic E-state index is 11.7. The van der Waals surface area contributed by atoms with Crippen molar-refractivity contribution in [3.05, 3.63) is 42.0 Å². The predicted molar refractivity (Wildman–Crippen MR) is 99.8 cm³/mol. The van der Waals surface area contributed by atoms with Gasteiger partial charge < -0.3 is 9.72 Å². The van der Waals surface area contributed by atoms with Gasteiger partial charge in [-0.1, -0.05) is 6.07 Å². The quantitative estimate of drug-likeness (QED) is 0.760. The molecule has 0 unspecified atom stereocenters. The van der Waals surface area contributed by atoms with E-state index in [0.29, 0.717) is 17.1 Å². The summed E-state index contributed by atoms with van der Waals surface area (Å²) in [4.78, 5) is 8.00. The number of hydrogen-bond acceptors (Lipinski definition) is 5. The number of benzene rings is 2. The van der Waals surface area contributed by atoms with Crippen LogP contribution in [0.2, 0.25) is 0 Å². The summed E-state index contributed by atoms with van der Waals surface area (Å²) in [5.74, 6) is 0.994. The molecular formula is C19H19N3O3S. The third kappa shape index (κ3) is 3.16. The first-order chi connectivity index (χ1) is 12.2. The van der Waals surface area contributed by atoms with Gasteiger partial charge in [-0.25, -0.2) is 13.4 Å². The van der Waals surface area contributed by atoms with E-state index in [9.17, 15) is 13.7 Å². The van der Waals surface area contributed by atoms with E-state index in [0.717, 1.165) is 22.9 Å². The molecule has 26 heavy (non-hydrogen) atoms. The second-order valence-corrected chi connectivity index (χ2v) is 8.70. The molecule has 0 amide bonds. The minimum atomic E-state index is -3.33. The van der Waals surface area contributed by atoms with E-state index in [1.54, 1.807) is 6.07 Å². The van der Waals surface area contributed by atoms with Gasteiger partial charge in [0.15, 0.2) is 9.84 Å². The average Bonchev–Trinajstić information content (AvgIpc) is 3.03. The van der Waals surface area contributed by atoms with Crippen molar-refractivity contribution in [3.63, 3.8) is 0 Å². The molecular weight excluding hydrogens is 350 g/mol. The van der Waals surface area contributed by atoms with Crippen molar-refractivity contribution in [1.82, 2.24) is 9.97 Å². The third-order valence-electron chi connectivity index (χ3n) is 4.34. The summed E-state index contributed by atoms with van der Waals surface area (Å²) < 4.78 is 28.8. The van der Waals surface area contributed by atoms with Gasteiger partial charge in [-0.2, -0.15) is 5.26 Å². The Kier molecular flexibility index (Phi) is 4.24. The zero-order valence-corrected chi connectivity index (χ0v) is 15.8. The fraction of sp³-hybridized carbons (Fsp3) is 0.263. The number of rotatable bonds is 4. The molecule has 1 N–H and O–H groups in total. The van der Waals surface area contributed by atoms with Crippen molar-refractivity contribution in [1.29, 1.82) is 5.26 Å². The second kappa shape index (κ2) is 6.15. The Morgan fingerprint density at radius 1 is 1.19 bits per heavy atom. The highest BCUT2D eigenvalue weighted by Gasteiger charge is 2.21. The van der Waals surface area contributed by atoms with Crippen molar-refractivity contribution in [3.8, 4) is 23.2 Å². The molecule has 1 aromatic heterocycles. The summed E-state index contributed by atoms with van der Waals surface area (Å²) in [5, 5.41) is 9.32. The maximum atomic E-state index is 11.7. The minimum absolute atomic E-state index is 0.187. The largest absolute Gasteiger partial charge is 0.496 e. The Hall–Kier alpha value is -2.85. The van der Waals surface area contributed by atoms with E-state index in [1.807, 2.05) is 32.0 Å². The molecule has 3 aromatic rings. The lowest BCUT2D eigenvalue weighted by Gasteiger charge is -2.14. The molecule has 7 heteroatoms. The first kappa shape index (κ1) is 18.0. The number of aromatic amines is 1. The highest BCUT2D eigenvalue weighted by Crippen LogP contribution is 2.33. The van der Waals surface area contributed by atoms with E-state index in [2.05, 4.69) is 16.0 Å². The normalized spacial score (nSPS) is 12.1. The van der Waals surface area contributed by atoms with Crippen molar-refractivity contribution in [2.24, 2.45) is 0 Å². The fourth-order valence-electron chi connectivity index (χ4n) is 2.68. The molecule has 0 radical (unpaired) electrons. The van der Waals surface area contributed by atoms with Crippen LogP contribution in [0.3, 0.4) is 0 Å². The number of sulfone groups is 1. The van der Waals surface area contributed by atoms with Gasteiger partial charge in [0.2, 0.25) is 0 Å². The molecule has 6 nitrogen and oxygen atoms in total. The molecule has 0 aliphatic heterocycles. The molecule has 1 heterocycles. The minimum Gasteiger partial charge on any atom is -0.496 e. The van der Waals surface area contributed by atoms with Gasteiger partial charge in [0.1, 0.15) is 11.6 Å². The Bertz CT molecular complexity index is 1140. The number of hydrogen-bond donors (Lipinski definition) is 1. The Balaban J connectivity index is 2.13. The van der Waals surface area contributed by atoms with Gasteiger partial charge in [0.05, 0.1) is 40.1 Å². The monoisotopic (exact) mass is 369 g/mol. The van der Waals surface area contributed by atoms with Gasteiger partial charge >= 0.3 is 0 Å². The predicted octanol–water partition coefficient (Wildman–Crippen LogP) is 3.44.